The summed E-state index contributed by atoms with van der Waals surface area (Å²) in [6.07, 6.45) is 17.1. The van der Waals surface area contributed by atoms with Crippen LogP contribution in [0, 0.1) is 35.5 Å². The Morgan fingerprint density at radius 2 is 1.62 bits per heavy atom. The summed E-state index contributed by atoms with van der Waals surface area (Å²) in [5.74, 6) is -5.97. The maximum atomic E-state index is 14.4. The first-order valence-corrected chi connectivity index (χ1v) is 24.6. The van der Waals surface area contributed by atoms with E-state index >= 15 is 0 Å². The Morgan fingerprint density at radius 3 is 2.32 bits per heavy atom. The molecule has 0 spiro atoms. The van der Waals surface area contributed by atoms with Crippen molar-refractivity contribution < 1.29 is 58.2 Å². The van der Waals surface area contributed by atoms with E-state index in [4.69, 9.17) is 23.7 Å². The molecule has 1 amide bonds. The highest BCUT2D eigenvalue weighted by molar-refractivity contribution is 6.39. The molecule has 0 aromatic rings. The molecule has 2 saturated heterocycles. The number of nitrogens with zero attached hydrogens (tertiary/aromatic N) is 1. The lowest BCUT2D eigenvalue weighted by Gasteiger charge is -2.42. The van der Waals surface area contributed by atoms with E-state index in [1.54, 1.807) is 28.1 Å². The van der Waals surface area contributed by atoms with Gasteiger partial charge in [-0.15, -0.1) is 0 Å². The molecule has 0 aromatic heterocycles. The van der Waals surface area contributed by atoms with Gasteiger partial charge >= 0.3 is 5.97 Å². The van der Waals surface area contributed by atoms with Crippen molar-refractivity contribution in [1.29, 1.82) is 0 Å². The maximum absolute atomic E-state index is 14.4. The number of amides is 1. The molecule has 13 heteroatoms. The number of allylic oxidation sites excluding steroid dienone is 6. The van der Waals surface area contributed by atoms with Crippen molar-refractivity contribution in [3.8, 4) is 0 Å². The van der Waals surface area contributed by atoms with Gasteiger partial charge in [0.25, 0.3) is 11.7 Å². The van der Waals surface area contributed by atoms with Crippen LogP contribution in [0.1, 0.15) is 138 Å². The van der Waals surface area contributed by atoms with Crippen LogP contribution in [0.15, 0.2) is 47.6 Å². The third kappa shape index (κ3) is 15.8. The average Bonchev–Trinajstić information content (AvgIpc) is 3.29. The normalized spacial score (nSPS) is 39.2. The molecule has 3 fully saturated rings. The molecule has 1 saturated carbocycles. The van der Waals surface area contributed by atoms with Crippen molar-refractivity contribution in [2.75, 3.05) is 34.0 Å². The van der Waals surface area contributed by atoms with Crippen molar-refractivity contribution in [1.82, 2.24) is 4.90 Å². The number of aliphatic hydroxyl groups is 3. The van der Waals surface area contributed by atoms with Gasteiger partial charge in [-0.25, -0.2) is 4.79 Å². The van der Waals surface area contributed by atoms with Crippen LogP contribution in [0.2, 0.25) is 0 Å². The van der Waals surface area contributed by atoms with Crippen molar-refractivity contribution >= 4 is 23.4 Å². The van der Waals surface area contributed by atoms with Gasteiger partial charge in [0.05, 0.1) is 43.7 Å². The minimum atomic E-state index is -2.40. The number of ketones is 2. The molecule has 1 aliphatic carbocycles. The summed E-state index contributed by atoms with van der Waals surface area (Å²) in [5, 5.41) is 32.5. The number of carbonyl (C=O) groups is 4. The van der Waals surface area contributed by atoms with Crippen LogP contribution in [0.4, 0.5) is 0 Å². The van der Waals surface area contributed by atoms with E-state index in [1.165, 1.54) is 4.90 Å². The highest BCUT2D eigenvalue weighted by Gasteiger charge is 2.53. The Bertz CT molecular complexity index is 1670. The van der Waals surface area contributed by atoms with E-state index in [0.29, 0.717) is 63.2 Å². The fraction of sp³-hybridized carbons (Fsp3) is 0.769. The molecule has 0 radical (unpaired) electrons. The van der Waals surface area contributed by atoms with E-state index in [-0.39, 0.29) is 68.5 Å². The Morgan fingerprint density at radius 1 is 0.862 bits per heavy atom. The average molecular weight is 914 g/mol. The fourth-order valence-electron chi connectivity index (χ4n) is 10.3. The van der Waals surface area contributed by atoms with Crippen LogP contribution >= 0.6 is 0 Å². The Balaban J connectivity index is 1.64. The van der Waals surface area contributed by atoms with E-state index in [0.717, 1.165) is 36.8 Å². The van der Waals surface area contributed by atoms with Crippen molar-refractivity contribution in [3.05, 3.63) is 47.6 Å². The number of piperidine rings is 1. The largest absolute Gasteiger partial charge is 0.460 e. The SMILES string of the molecule is CO[C@H]1CC2CC[C@@H](C)[C@@](O)(O2)C(=O)C(=O)N2CCCC[C@H]2C(=O)O[C@H]([C@H](C)C[C@@H]2CC[C@@H](OCCO)[C@H](OC)C2)CC(=O)[C@H](C)/C=C(\C)[C@@H](O)CC[C@H](C)C[C@H](C)/C=C/C=C/C=C/1C. The molecule has 3 heterocycles. The molecular formula is C52H83NO12. The molecule has 2 bridgehead atoms. The number of hydrogen-bond acceptors (Lipinski definition) is 12. The maximum Gasteiger partial charge on any atom is 0.329 e. The zero-order valence-corrected chi connectivity index (χ0v) is 41.0. The van der Waals surface area contributed by atoms with Crippen LogP contribution in [0.5, 0.6) is 0 Å². The minimum absolute atomic E-state index is 0.0720. The topological polar surface area (TPSA) is 178 Å². The van der Waals surface area contributed by atoms with Gasteiger partial charge in [-0.2, -0.15) is 0 Å². The van der Waals surface area contributed by atoms with Gasteiger partial charge in [-0.3, -0.25) is 14.4 Å². The molecule has 368 valence electrons. The molecule has 14 atom stereocenters. The number of aliphatic hydroxyl groups excluding tert-OH is 2. The number of fused-ring (bicyclic) bond motifs is 3. The predicted octanol–water partition coefficient (Wildman–Crippen LogP) is 7.39. The fourth-order valence-corrected chi connectivity index (χ4v) is 10.3. The number of methoxy groups -OCH3 is 2. The van der Waals surface area contributed by atoms with Gasteiger partial charge in [0.1, 0.15) is 17.9 Å². The van der Waals surface area contributed by atoms with E-state index in [1.807, 2.05) is 51.2 Å². The zero-order chi connectivity index (χ0) is 47.8. The first-order chi connectivity index (χ1) is 30.9. The highest BCUT2D eigenvalue weighted by atomic mass is 16.6. The number of ether oxygens (including phenoxy) is 5. The summed E-state index contributed by atoms with van der Waals surface area (Å²) in [5.41, 5.74) is 1.66. The lowest BCUT2D eigenvalue weighted by molar-refractivity contribution is -0.265. The first-order valence-electron chi connectivity index (χ1n) is 24.6. The van der Waals surface area contributed by atoms with Crippen LogP contribution in [0.3, 0.4) is 0 Å². The first kappa shape index (κ1) is 54.6. The predicted molar refractivity (Wildman–Crippen MR) is 249 cm³/mol. The molecule has 1 unspecified atom stereocenters. The second-order valence-corrected chi connectivity index (χ2v) is 19.9. The number of carbonyl (C=O) groups excluding carboxylic acids is 4. The van der Waals surface area contributed by atoms with Gasteiger partial charge in [0.15, 0.2) is 0 Å². The Kier molecular flexibility index (Phi) is 22.2. The number of Topliss-reactive ketones (excluding diaryl/α,β-unsaturated/α-hetero) is 2. The molecule has 4 aliphatic rings. The Labute approximate surface area is 389 Å². The summed E-state index contributed by atoms with van der Waals surface area (Å²) in [4.78, 5) is 58.2. The molecule has 13 nitrogen and oxygen atoms in total. The lowest BCUT2D eigenvalue weighted by Crippen LogP contribution is -2.61. The number of rotatable bonds is 8. The lowest BCUT2D eigenvalue weighted by atomic mass is 9.78. The second-order valence-electron chi connectivity index (χ2n) is 19.9. The third-order valence-corrected chi connectivity index (χ3v) is 14.6. The summed E-state index contributed by atoms with van der Waals surface area (Å²) >= 11 is 0. The molecule has 65 heavy (non-hydrogen) atoms. The molecule has 3 aliphatic heterocycles. The van der Waals surface area contributed by atoms with Gasteiger partial charge in [-0.1, -0.05) is 71.1 Å². The molecular weight excluding hydrogens is 831 g/mol. The van der Waals surface area contributed by atoms with Gasteiger partial charge < -0.3 is 43.9 Å². The third-order valence-electron chi connectivity index (χ3n) is 14.6. The van der Waals surface area contributed by atoms with Crippen LogP contribution < -0.4 is 0 Å². The number of hydrogen-bond donors (Lipinski definition) is 3. The van der Waals surface area contributed by atoms with Crippen LogP contribution in [-0.4, -0.2) is 126 Å². The minimum Gasteiger partial charge on any atom is -0.460 e. The molecule has 3 N–H and O–H groups in total. The quantitative estimate of drug-likeness (QED) is 0.125. The van der Waals surface area contributed by atoms with Gasteiger partial charge in [0.2, 0.25) is 5.79 Å². The number of esters is 1. The molecule has 0 aromatic carbocycles. The zero-order valence-electron chi connectivity index (χ0n) is 41.0. The monoisotopic (exact) mass is 914 g/mol. The standard InChI is InChI=1S/C52H83NO12/c1-33-15-11-10-12-16-35(3)46(61-8)31-41-21-19-39(7)52(60,65-41)49(57)50(58)53-24-14-13-17-42(53)51(59)64-47(32-44(56)37(5)28-36(4)43(55)22-18-34(2)27-33)38(6)29-40-20-23-45(63-26-25-54)48(30-40)62-9/h10-12,15-16,28,33-34,37-43,45-48,54-55,60H,13-14,17-27,29-32H2,1-9H3/b12-10+,15-11+,35-16+,36-28+/t33-,34+,37-,38-,39-,40+,41?,42+,43+,45-,46+,47+,48-,52-/m1/s1. The second kappa shape index (κ2) is 26.5. The van der Waals surface area contributed by atoms with Crippen LogP contribution in [0.25, 0.3) is 0 Å². The Hall–Kier alpha value is -3.04. The number of cyclic esters (lactones) is 1. The summed E-state index contributed by atoms with van der Waals surface area (Å²) in [7, 11) is 3.26. The van der Waals surface area contributed by atoms with Crippen LogP contribution in [-0.2, 0) is 42.9 Å². The molecule has 4 rings (SSSR count). The van der Waals surface area contributed by atoms with E-state index in [9.17, 15) is 34.5 Å². The van der Waals surface area contributed by atoms with E-state index < -0.39 is 59.6 Å². The van der Waals surface area contributed by atoms with E-state index in [2.05, 4.69) is 19.9 Å². The van der Waals surface area contributed by atoms with Gasteiger partial charge in [-0.05, 0) is 126 Å². The summed E-state index contributed by atoms with van der Waals surface area (Å²) in [6.45, 7) is 13.9. The van der Waals surface area contributed by atoms with Gasteiger partial charge in [0, 0.05) is 45.4 Å². The highest BCUT2D eigenvalue weighted by Crippen LogP contribution is 2.38. The summed E-state index contributed by atoms with van der Waals surface area (Å²) in [6, 6.07) is -1.09. The van der Waals surface area contributed by atoms with Crippen molar-refractivity contribution in [2.24, 2.45) is 35.5 Å². The van der Waals surface area contributed by atoms with Crippen molar-refractivity contribution in [2.45, 2.75) is 187 Å². The van der Waals surface area contributed by atoms with Crippen molar-refractivity contribution in [3.63, 3.8) is 0 Å². The summed E-state index contributed by atoms with van der Waals surface area (Å²) < 4.78 is 30.0. The smallest absolute Gasteiger partial charge is 0.329 e.